The summed E-state index contributed by atoms with van der Waals surface area (Å²) in [5.74, 6) is -0.165. The summed E-state index contributed by atoms with van der Waals surface area (Å²) in [6.45, 7) is 0.718. The van der Waals surface area contributed by atoms with Gasteiger partial charge in [0.05, 0.1) is 3.79 Å². The number of rotatable bonds is 3. The van der Waals surface area contributed by atoms with Crippen molar-refractivity contribution >= 4 is 27.3 Å². The second kappa shape index (κ2) is 5.73. The first-order valence-corrected chi connectivity index (χ1v) is 8.09. The molecule has 100 valence electrons. The zero-order chi connectivity index (χ0) is 13.2. The van der Waals surface area contributed by atoms with Crippen molar-refractivity contribution in [2.75, 3.05) is 0 Å². The van der Waals surface area contributed by atoms with E-state index in [1.165, 1.54) is 33.1 Å². The van der Waals surface area contributed by atoms with E-state index in [-0.39, 0.29) is 5.82 Å². The third-order valence-corrected chi connectivity index (χ3v) is 5.24. The lowest BCUT2D eigenvalue weighted by Crippen LogP contribution is -2.23. The van der Waals surface area contributed by atoms with Gasteiger partial charge in [-0.05, 0) is 64.5 Å². The molecular weight excluding hydrogens is 325 g/mol. The molecule has 1 aromatic carbocycles. The highest BCUT2D eigenvalue weighted by Crippen LogP contribution is 2.38. The fourth-order valence-electron chi connectivity index (χ4n) is 2.62. The number of halogens is 2. The van der Waals surface area contributed by atoms with E-state index in [4.69, 9.17) is 0 Å². The minimum atomic E-state index is -0.165. The molecule has 0 spiro atoms. The van der Waals surface area contributed by atoms with Crippen molar-refractivity contribution in [1.29, 1.82) is 0 Å². The second-order valence-electron chi connectivity index (χ2n) is 4.88. The molecule has 1 N–H and O–H groups in total. The van der Waals surface area contributed by atoms with Gasteiger partial charge >= 0.3 is 0 Å². The van der Waals surface area contributed by atoms with Crippen molar-refractivity contribution in [1.82, 2.24) is 5.32 Å². The van der Waals surface area contributed by atoms with Crippen LogP contribution in [0.4, 0.5) is 4.39 Å². The van der Waals surface area contributed by atoms with Crippen LogP contribution >= 0.6 is 27.3 Å². The number of nitrogens with one attached hydrogen (secondary N) is 1. The molecule has 1 aromatic heterocycles. The molecule has 4 heteroatoms. The summed E-state index contributed by atoms with van der Waals surface area (Å²) >= 11 is 5.40. The van der Waals surface area contributed by atoms with E-state index in [9.17, 15) is 4.39 Å². The molecule has 0 radical (unpaired) electrons. The normalized spacial score (nSPS) is 18.3. The monoisotopic (exact) mass is 339 g/mol. The highest BCUT2D eigenvalue weighted by Gasteiger charge is 2.22. The van der Waals surface area contributed by atoms with Crippen molar-refractivity contribution in [3.8, 4) is 0 Å². The van der Waals surface area contributed by atoms with Gasteiger partial charge in [-0.3, -0.25) is 0 Å². The number of aryl methyl sites for hydroxylation is 1. The average Bonchev–Trinajstić information content (AvgIpc) is 2.77. The minimum Gasteiger partial charge on any atom is -0.306 e. The number of thiophene rings is 1. The highest BCUT2D eigenvalue weighted by atomic mass is 79.9. The lowest BCUT2D eigenvalue weighted by molar-refractivity contribution is 0.462. The maximum atomic E-state index is 13.1. The van der Waals surface area contributed by atoms with Gasteiger partial charge in [0.1, 0.15) is 5.82 Å². The predicted molar refractivity (Wildman–Crippen MR) is 80.9 cm³/mol. The first-order chi connectivity index (χ1) is 9.22. The molecule has 2 aromatic rings. The molecule has 1 aliphatic carbocycles. The Balaban J connectivity index is 1.71. The van der Waals surface area contributed by atoms with Crippen LogP contribution in [0.5, 0.6) is 0 Å². The van der Waals surface area contributed by atoms with Gasteiger partial charge in [0.25, 0.3) is 0 Å². The molecule has 3 rings (SSSR count). The van der Waals surface area contributed by atoms with E-state index >= 15 is 0 Å². The Labute approximate surface area is 125 Å². The molecule has 1 nitrogen and oxygen atoms in total. The van der Waals surface area contributed by atoms with Gasteiger partial charge in [-0.2, -0.15) is 0 Å². The molecule has 0 saturated heterocycles. The van der Waals surface area contributed by atoms with Crippen LogP contribution in [0.15, 0.2) is 34.1 Å². The van der Waals surface area contributed by atoms with E-state index in [0.29, 0.717) is 6.04 Å². The van der Waals surface area contributed by atoms with Crippen LogP contribution in [0, 0.1) is 5.82 Å². The maximum absolute atomic E-state index is 13.1. The Bertz CT molecular complexity index is 581. The standard InChI is InChI=1S/C15H15BrFNS/c16-15-8-12-13(5-2-6-14(12)19-15)18-9-10-3-1-4-11(17)7-10/h1,3-4,7-8,13,18H,2,5-6,9H2. The smallest absolute Gasteiger partial charge is 0.123 e. The summed E-state index contributed by atoms with van der Waals surface area (Å²) in [7, 11) is 0. The van der Waals surface area contributed by atoms with Gasteiger partial charge < -0.3 is 5.32 Å². The van der Waals surface area contributed by atoms with Crippen molar-refractivity contribution in [3.05, 3.63) is 55.9 Å². The molecule has 0 saturated carbocycles. The Morgan fingerprint density at radius 2 is 2.26 bits per heavy atom. The van der Waals surface area contributed by atoms with E-state index in [2.05, 4.69) is 27.3 Å². The fraction of sp³-hybridized carbons (Fsp3) is 0.333. The van der Waals surface area contributed by atoms with Gasteiger partial charge in [-0.15, -0.1) is 11.3 Å². The lowest BCUT2D eigenvalue weighted by atomic mass is 9.94. The minimum absolute atomic E-state index is 0.165. The lowest BCUT2D eigenvalue weighted by Gasteiger charge is -2.23. The average molecular weight is 340 g/mol. The van der Waals surface area contributed by atoms with E-state index in [1.54, 1.807) is 12.1 Å². The molecule has 1 atom stereocenters. The van der Waals surface area contributed by atoms with Crippen LogP contribution in [0.3, 0.4) is 0 Å². The van der Waals surface area contributed by atoms with Crippen molar-refractivity contribution in [2.45, 2.75) is 31.8 Å². The van der Waals surface area contributed by atoms with Gasteiger partial charge in [0.15, 0.2) is 0 Å². The first kappa shape index (κ1) is 13.3. The van der Waals surface area contributed by atoms with Gasteiger partial charge in [0.2, 0.25) is 0 Å². The topological polar surface area (TPSA) is 12.0 Å². The quantitative estimate of drug-likeness (QED) is 0.845. The molecule has 19 heavy (non-hydrogen) atoms. The summed E-state index contributed by atoms with van der Waals surface area (Å²) in [6.07, 6.45) is 3.57. The number of benzene rings is 1. The van der Waals surface area contributed by atoms with Crippen LogP contribution in [0.1, 0.15) is 34.9 Å². The van der Waals surface area contributed by atoms with E-state index < -0.39 is 0 Å². The predicted octanol–water partition coefficient (Wildman–Crippen LogP) is 4.82. The molecule has 0 fully saturated rings. The summed E-state index contributed by atoms with van der Waals surface area (Å²) in [5.41, 5.74) is 2.42. The Kier molecular flexibility index (Phi) is 4.01. The molecule has 0 bridgehead atoms. The van der Waals surface area contributed by atoms with Crippen LogP contribution < -0.4 is 5.32 Å². The summed E-state index contributed by atoms with van der Waals surface area (Å²) < 4.78 is 14.3. The van der Waals surface area contributed by atoms with Gasteiger partial charge in [-0.1, -0.05) is 12.1 Å². The van der Waals surface area contributed by atoms with Crippen molar-refractivity contribution in [2.24, 2.45) is 0 Å². The second-order valence-corrected chi connectivity index (χ2v) is 7.40. The Hall–Kier alpha value is -0.710. The maximum Gasteiger partial charge on any atom is 0.123 e. The first-order valence-electron chi connectivity index (χ1n) is 6.48. The fourth-order valence-corrected chi connectivity index (χ4v) is 4.44. The van der Waals surface area contributed by atoms with Gasteiger partial charge in [-0.25, -0.2) is 4.39 Å². The molecular formula is C15H15BrFNS. The van der Waals surface area contributed by atoms with Gasteiger partial charge in [0, 0.05) is 17.5 Å². The van der Waals surface area contributed by atoms with Crippen LogP contribution in [0.2, 0.25) is 0 Å². The van der Waals surface area contributed by atoms with Crippen molar-refractivity contribution in [3.63, 3.8) is 0 Å². The number of hydrogen-bond acceptors (Lipinski definition) is 2. The Morgan fingerprint density at radius 1 is 1.37 bits per heavy atom. The Morgan fingerprint density at radius 3 is 3.11 bits per heavy atom. The summed E-state index contributed by atoms with van der Waals surface area (Å²) in [6, 6.07) is 9.43. The zero-order valence-corrected chi connectivity index (χ0v) is 12.9. The SMILES string of the molecule is Fc1cccc(CNC2CCCc3sc(Br)cc32)c1. The largest absolute Gasteiger partial charge is 0.306 e. The van der Waals surface area contributed by atoms with Crippen LogP contribution in [-0.4, -0.2) is 0 Å². The summed E-state index contributed by atoms with van der Waals surface area (Å²) in [4.78, 5) is 1.48. The zero-order valence-electron chi connectivity index (χ0n) is 10.5. The molecule has 1 heterocycles. The molecule has 0 aliphatic heterocycles. The molecule has 1 aliphatic rings. The number of fused-ring (bicyclic) bond motifs is 1. The molecule has 0 amide bonds. The number of hydrogen-bond donors (Lipinski definition) is 1. The van der Waals surface area contributed by atoms with Crippen molar-refractivity contribution < 1.29 is 4.39 Å². The third kappa shape index (κ3) is 3.07. The molecule has 1 unspecified atom stereocenters. The van der Waals surface area contributed by atoms with Crippen LogP contribution in [0.25, 0.3) is 0 Å². The van der Waals surface area contributed by atoms with E-state index in [0.717, 1.165) is 18.5 Å². The highest BCUT2D eigenvalue weighted by molar-refractivity contribution is 9.11. The summed E-state index contributed by atoms with van der Waals surface area (Å²) in [5, 5.41) is 3.55. The van der Waals surface area contributed by atoms with Crippen LogP contribution in [-0.2, 0) is 13.0 Å². The van der Waals surface area contributed by atoms with E-state index in [1.807, 2.05) is 17.4 Å². The third-order valence-electron chi connectivity index (χ3n) is 3.53.